The third-order valence-electron chi connectivity index (χ3n) is 3.91. The lowest BCUT2D eigenvalue weighted by atomic mass is 10.0. The van der Waals surface area contributed by atoms with Crippen LogP contribution in [-0.2, 0) is 14.4 Å². The molecule has 0 aromatic heterocycles. The van der Waals surface area contributed by atoms with Crippen LogP contribution in [0.5, 0.6) is 0 Å². The third kappa shape index (κ3) is 4.69. The Kier molecular flexibility index (Phi) is 5.46. The van der Waals surface area contributed by atoms with Gasteiger partial charge in [0.2, 0.25) is 5.91 Å². The van der Waals surface area contributed by atoms with Crippen molar-refractivity contribution in [3.63, 3.8) is 0 Å². The van der Waals surface area contributed by atoms with Gasteiger partial charge < -0.3 is 21.2 Å². The van der Waals surface area contributed by atoms with Crippen molar-refractivity contribution < 1.29 is 19.2 Å². The average Bonchev–Trinajstić information content (AvgIpc) is 3.17. The van der Waals surface area contributed by atoms with Gasteiger partial charge in [-0.25, -0.2) is 0 Å². The Bertz CT molecular complexity index is 896. The van der Waals surface area contributed by atoms with Crippen molar-refractivity contribution >= 4 is 29.1 Å². The highest BCUT2D eigenvalue weighted by molar-refractivity contribution is 6.43. The van der Waals surface area contributed by atoms with Crippen LogP contribution < -0.4 is 16.4 Å². The summed E-state index contributed by atoms with van der Waals surface area (Å²) in [6.45, 7) is -0.259. The summed E-state index contributed by atoms with van der Waals surface area (Å²) in [5.41, 5.74) is 6.94. The van der Waals surface area contributed by atoms with Gasteiger partial charge in [0.05, 0.1) is 6.54 Å². The van der Waals surface area contributed by atoms with E-state index in [2.05, 4.69) is 15.8 Å². The van der Waals surface area contributed by atoms with E-state index in [9.17, 15) is 14.4 Å². The quantitative estimate of drug-likeness (QED) is 0.714. The molecule has 1 aliphatic rings. The molecule has 2 aromatic rings. The summed E-state index contributed by atoms with van der Waals surface area (Å²) in [7, 11) is 0. The second-order valence-electron chi connectivity index (χ2n) is 5.93. The molecular formula is C19H18N4O4. The number of nitrogens with zero attached hydrogens (tertiary/aromatic N) is 1. The fourth-order valence-corrected chi connectivity index (χ4v) is 2.57. The van der Waals surface area contributed by atoms with Crippen LogP contribution in [0.2, 0.25) is 0 Å². The lowest BCUT2D eigenvalue weighted by Gasteiger charge is -2.08. The van der Waals surface area contributed by atoms with Crippen LogP contribution in [0.15, 0.2) is 59.8 Å². The SMILES string of the molecule is NC(=O)CNC(=O)c1cccc(NC(=O)C2=NOC(c3ccccc3)C2)c1. The molecule has 3 rings (SSSR count). The minimum atomic E-state index is -0.639. The van der Waals surface area contributed by atoms with Crippen molar-refractivity contribution in [2.75, 3.05) is 11.9 Å². The topological polar surface area (TPSA) is 123 Å². The number of carbonyl (C=O) groups excluding carboxylic acids is 3. The van der Waals surface area contributed by atoms with Gasteiger partial charge in [-0.05, 0) is 23.8 Å². The van der Waals surface area contributed by atoms with E-state index in [0.717, 1.165) is 5.56 Å². The number of amides is 3. The van der Waals surface area contributed by atoms with Crippen LogP contribution in [0, 0.1) is 0 Å². The van der Waals surface area contributed by atoms with E-state index in [1.54, 1.807) is 18.2 Å². The Hall–Kier alpha value is -3.68. The molecule has 1 unspecified atom stereocenters. The molecule has 2 aromatic carbocycles. The molecule has 0 bridgehead atoms. The highest BCUT2D eigenvalue weighted by atomic mass is 16.6. The zero-order valence-corrected chi connectivity index (χ0v) is 14.3. The average molecular weight is 366 g/mol. The van der Waals surface area contributed by atoms with Crippen LogP contribution >= 0.6 is 0 Å². The molecule has 0 radical (unpaired) electrons. The molecule has 4 N–H and O–H groups in total. The first-order valence-corrected chi connectivity index (χ1v) is 8.28. The fourth-order valence-electron chi connectivity index (χ4n) is 2.57. The summed E-state index contributed by atoms with van der Waals surface area (Å²) in [6.07, 6.45) is 0.0621. The monoisotopic (exact) mass is 366 g/mol. The van der Waals surface area contributed by atoms with Crippen molar-refractivity contribution in [3.05, 3.63) is 65.7 Å². The number of primary amides is 1. The summed E-state index contributed by atoms with van der Waals surface area (Å²) in [6, 6.07) is 15.8. The number of rotatable bonds is 6. The Morgan fingerprint density at radius 3 is 2.59 bits per heavy atom. The highest BCUT2D eigenvalue weighted by Crippen LogP contribution is 2.27. The lowest BCUT2D eigenvalue weighted by molar-refractivity contribution is -0.117. The standard InChI is InChI=1S/C19H18N4O4/c20-17(24)11-21-18(25)13-7-4-8-14(9-13)22-19(26)15-10-16(27-23-15)12-5-2-1-3-6-12/h1-9,16H,10-11H2,(H2,20,24)(H,21,25)(H,22,26). The van der Waals surface area contributed by atoms with Crippen molar-refractivity contribution in [1.82, 2.24) is 5.32 Å². The van der Waals surface area contributed by atoms with Gasteiger partial charge in [-0.15, -0.1) is 0 Å². The van der Waals surface area contributed by atoms with Gasteiger partial charge in [-0.3, -0.25) is 14.4 Å². The Morgan fingerprint density at radius 2 is 1.85 bits per heavy atom. The first-order valence-electron chi connectivity index (χ1n) is 8.28. The molecule has 27 heavy (non-hydrogen) atoms. The Morgan fingerprint density at radius 1 is 1.07 bits per heavy atom. The van der Waals surface area contributed by atoms with Gasteiger partial charge >= 0.3 is 0 Å². The summed E-state index contributed by atoms with van der Waals surface area (Å²) in [5.74, 6) is -1.50. The van der Waals surface area contributed by atoms with Crippen molar-refractivity contribution in [1.29, 1.82) is 0 Å². The van der Waals surface area contributed by atoms with Gasteiger partial charge in [0.25, 0.3) is 11.8 Å². The van der Waals surface area contributed by atoms with E-state index >= 15 is 0 Å². The molecule has 0 saturated carbocycles. The van der Waals surface area contributed by atoms with Crippen molar-refractivity contribution in [2.24, 2.45) is 10.9 Å². The van der Waals surface area contributed by atoms with Crippen LogP contribution in [0.1, 0.15) is 28.4 Å². The molecule has 0 fully saturated rings. The predicted octanol–water partition coefficient (Wildman–Crippen LogP) is 1.36. The molecule has 0 spiro atoms. The number of nitrogens with one attached hydrogen (secondary N) is 2. The van der Waals surface area contributed by atoms with E-state index in [-0.39, 0.29) is 18.4 Å². The van der Waals surface area contributed by atoms with E-state index in [4.69, 9.17) is 10.6 Å². The Balaban J connectivity index is 1.61. The van der Waals surface area contributed by atoms with Crippen molar-refractivity contribution in [2.45, 2.75) is 12.5 Å². The first-order chi connectivity index (χ1) is 13.0. The van der Waals surface area contributed by atoms with Crippen LogP contribution in [0.3, 0.4) is 0 Å². The molecule has 1 heterocycles. The van der Waals surface area contributed by atoms with E-state index in [1.807, 2.05) is 30.3 Å². The maximum Gasteiger partial charge on any atom is 0.273 e. The Labute approximate surface area is 155 Å². The zero-order chi connectivity index (χ0) is 19.2. The highest BCUT2D eigenvalue weighted by Gasteiger charge is 2.27. The van der Waals surface area contributed by atoms with Crippen LogP contribution in [0.25, 0.3) is 0 Å². The summed E-state index contributed by atoms with van der Waals surface area (Å²) < 4.78 is 0. The molecule has 0 aliphatic carbocycles. The maximum absolute atomic E-state index is 12.4. The van der Waals surface area contributed by atoms with Gasteiger partial charge in [0, 0.05) is 17.7 Å². The summed E-state index contributed by atoms with van der Waals surface area (Å²) in [5, 5.41) is 8.95. The number of nitrogens with two attached hydrogens (primary N) is 1. The zero-order valence-electron chi connectivity index (χ0n) is 14.3. The van der Waals surface area contributed by atoms with Crippen molar-refractivity contribution in [3.8, 4) is 0 Å². The fraction of sp³-hybridized carbons (Fsp3) is 0.158. The number of carbonyl (C=O) groups is 3. The largest absolute Gasteiger partial charge is 0.387 e. The molecular weight excluding hydrogens is 348 g/mol. The predicted molar refractivity (Wildman–Crippen MR) is 98.9 cm³/mol. The number of hydrogen-bond acceptors (Lipinski definition) is 5. The van der Waals surface area contributed by atoms with Crippen LogP contribution in [-0.4, -0.2) is 30.0 Å². The maximum atomic E-state index is 12.4. The van der Waals surface area contributed by atoms with E-state index in [1.165, 1.54) is 6.07 Å². The van der Waals surface area contributed by atoms with Gasteiger partial charge in [0.1, 0.15) is 5.71 Å². The third-order valence-corrected chi connectivity index (χ3v) is 3.91. The molecule has 1 atom stereocenters. The second kappa shape index (κ2) is 8.13. The van der Waals surface area contributed by atoms with Crippen LogP contribution in [0.4, 0.5) is 5.69 Å². The molecule has 1 aliphatic heterocycles. The number of benzene rings is 2. The molecule has 8 nitrogen and oxygen atoms in total. The van der Waals surface area contributed by atoms with E-state index in [0.29, 0.717) is 17.7 Å². The van der Waals surface area contributed by atoms with Gasteiger partial charge in [-0.2, -0.15) is 0 Å². The summed E-state index contributed by atoms with van der Waals surface area (Å²) in [4.78, 5) is 40.5. The minimum absolute atomic E-state index is 0.259. The molecule has 0 saturated heterocycles. The normalized spacial score (nSPS) is 15.4. The number of hydrogen-bond donors (Lipinski definition) is 3. The molecule has 3 amide bonds. The lowest BCUT2D eigenvalue weighted by Crippen LogP contribution is -2.33. The van der Waals surface area contributed by atoms with E-state index < -0.39 is 17.7 Å². The summed E-state index contributed by atoms with van der Waals surface area (Å²) >= 11 is 0. The van der Waals surface area contributed by atoms with Gasteiger partial charge in [-0.1, -0.05) is 41.6 Å². The van der Waals surface area contributed by atoms with Gasteiger partial charge in [0.15, 0.2) is 6.10 Å². The number of anilines is 1. The second-order valence-corrected chi connectivity index (χ2v) is 5.93. The smallest absolute Gasteiger partial charge is 0.273 e. The first kappa shape index (κ1) is 18.1. The number of oxime groups is 1. The minimum Gasteiger partial charge on any atom is -0.387 e. The molecule has 8 heteroatoms. The molecule has 138 valence electrons.